The van der Waals surface area contributed by atoms with Crippen molar-refractivity contribution in [3.05, 3.63) is 124 Å². The molecule has 1 aliphatic rings. The Bertz CT molecular complexity index is 1800. The molecule has 1 unspecified atom stereocenters. The molecule has 40 heavy (non-hydrogen) atoms. The van der Waals surface area contributed by atoms with Gasteiger partial charge in [0.15, 0.2) is 16.7 Å². The maximum atomic E-state index is 13.7. The molecule has 0 bridgehead atoms. The smallest absolute Gasteiger partial charge is 0.296 e. The number of rotatable bonds is 7. The summed E-state index contributed by atoms with van der Waals surface area (Å²) < 4.78 is 12.6. The summed E-state index contributed by atoms with van der Waals surface area (Å²) in [5.41, 5.74) is 4.38. The van der Waals surface area contributed by atoms with Crippen LogP contribution in [0, 0.1) is 20.8 Å². The standard InChI is InChI=1S/C32H26N2O5S/c1-18-14-19(2)27-25(15-18)40-32(33-27)34-28(26(30(36)31(34)37)29(35)24-13-12-20(3)39-24)22-10-7-11-23(16-22)38-17-21-8-5-4-6-9-21/h4-16,28,36H,17H2,1-3H3. The molecular formula is C32H26N2O5S. The van der Waals surface area contributed by atoms with Crippen molar-refractivity contribution >= 4 is 38.4 Å². The van der Waals surface area contributed by atoms with E-state index in [9.17, 15) is 14.7 Å². The monoisotopic (exact) mass is 550 g/mol. The Hall–Kier alpha value is -4.69. The van der Waals surface area contributed by atoms with Gasteiger partial charge in [-0.1, -0.05) is 59.9 Å². The van der Waals surface area contributed by atoms with E-state index in [0.717, 1.165) is 26.9 Å². The number of amides is 1. The van der Waals surface area contributed by atoms with E-state index in [1.54, 1.807) is 31.2 Å². The highest BCUT2D eigenvalue weighted by Crippen LogP contribution is 2.45. The number of hydrogen-bond acceptors (Lipinski definition) is 7. The number of aliphatic hydroxyl groups is 1. The highest BCUT2D eigenvalue weighted by molar-refractivity contribution is 7.22. The molecule has 1 N–H and O–H groups in total. The van der Waals surface area contributed by atoms with E-state index in [-0.39, 0.29) is 11.3 Å². The molecule has 7 nitrogen and oxygen atoms in total. The van der Waals surface area contributed by atoms with E-state index >= 15 is 0 Å². The van der Waals surface area contributed by atoms with E-state index < -0.39 is 23.5 Å². The molecular weight excluding hydrogens is 524 g/mol. The van der Waals surface area contributed by atoms with Gasteiger partial charge in [0.2, 0.25) is 5.78 Å². The van der Waals surface area contributed by atoms with Crippen LogP contribution in [0.1, 0.15) is 44.6 Å². The number of aliphatic hydroxyl groups excluding tert-OH is 1. The lowest BCUT2D eigenvalue weighted by Crippen LogP contribution is -2.31. The summed E-state index contributed by atoms with van der Waals surface area (Å²) in [4.78, 5) is 33.5. The summed E-state index contributed by atoms with van der Waals surface area (Å²) in [6, 6.07) is 23.3. The van der Waals surface area contributed by atoms with Crippen molar-refractivity contribution in [3.8, 4) is 5.75 Å². The normalized spacial score (nSPS) is 15.3. The van der Waals surface area contributed by atoms with Crippen LogP contribution in [0.4, 0.5) is 5.13 Å². The molecule has 1 aliphatic heterocycles. The minimum Gasteiger partial charge on any atom is -0.503 e. The Morgan fingerprint density at radius 3 is 2.58 bits per heavy atom. The largest absolute Gasteiger partial charge is 0.503 e. The van der Waals surface area contributed by atoms with E-state index in [0.29, 0.717) is 28.8 Å². The summed E-state index contributed by atoms with van der Waals surface area (Å²) in [5, 5.41) is 11.5. The zero-order valence-electron chi connectivity index (χ0n) is 22.2. The first-order chi connectivity index (χ1) is 19.3. The van der Waals surface area contributed by atoms with Crippen molar-refractivity contribution in [2.45, 2.75) is 33.4 Å². The van der Waals surface area contributed by atoms with Gasteiger partial charge in [-0.05, 0) is 73.4 Å². The molecule has 3 heterocycles. The average molecular weight is 551 g/mol. The Morgan fingerprint density at radius 1 is 1.02 bits per heavy atom. The van der Waals surface area contributed by atoms with Gasteiger partial charge >= 0.3 is 0 Å². The fourth-order valence-corrected chi connectivity index (χ4v) is 6.18. The molecule has 0 saturated heterocycles. The van der Waals surface area contributed by atoms with Crippen molar-refractivity contribution in [1.82, 2.24) is 4.98 Å². The van der Waals surface area contributed by atoms with Gasteiger partial charge < -0.3 is 14.3 Å². The van der Waals surface area contributed by atoms with Crippen LogP contribution >= 0.6 is 11.3 Å². The number of anilines is 1. The second kappa shape index (κ2) is 10.1. The number of Topliss-reactive ketones (excluding diaryl/α,β-unsaturated/α-hetero) is 1. The SMILES string of the molecule is Cc1cc(C)c2nc(N3C(=O)C(O)=C(C(=O)c4ccc(C)o4)C3c3cccc(OCc4ccccc4)c3)sc2c1. The molecule has 0 saturated carbocycles. The fourth-order valence-electron chi connectivity index (χ4n) is 5.02. The highest BCUT2D eigenvalue weighted by atomic mass is 32.1. The molecule has 8 heteroatoms. The summed E-state index contributed by atoms with van der Waals surface area (Å²) in [6.45, 7) is 6.06. The summed E-state index contributed by atoms with van der Waals surface area (Å²) >= 11 is 1.34. The van der Waals surface area contributed by atoms with Crippen molar-refractivity contribution < 1.29 is 23.8 Å². The summed E-state index contributed by atoms with van der Waals surface area (Å²) in [6.07, 6.45) is 0. The van der Waals surface area contributed by atoms with Gasteiger partial charge in [0, 0.05) is 0 Å². The Morgan fingerprint density at radius 2 is 1.82 bits per heavy atom. The molecule has 2 aromatic heterocycles. The molecule has 6 rings (SSSR count). The summed E-state index contributed by atoms with van der Waals surface area (Å²) in [7, 11) is 0. The molecule has 200 valence electrons. The molecule has 3 aromatic carbocycles. The van der Waals surface area contributed by atoms with Gasteiger partial charge in [-0.3, -0.25) is 14.5 Å². The van der Waals surface area contributed by atoms with Crippen LogP contribution in [0.15, 0.2) is 94.6 Å². The van der Waals surface area contributed by atoms with Crippen molar-refractivity contribution in [1.29, 1.82) is 0 Å². The number of benzene rings is 3. The van der Waals surface area contributed by atoms with Gasteiger partial charge in [0.05, 0.1) is 21.8 Å². The number of hydrogen-bond donors (Lipinski definition) is 1. The van der Waals surface area contributed by atoms with Crippen LogP contribution in [-0.4, -0.2) is 21.8 Å². The molecule has 1 atom stereocenters. The zero-order valence-corrected chi connectivity index (χ0v) is 23.0. The Labute approximate surface area is 235 Å². The third-order valence-electron chi connectivity index (χ3n) is 6.86. The molecule has 0 fully saturated rings. The minimum absolute atomic E-state index is 0.0472. The van der Waals surface area contributed by atoms with Crippen molar-refractivity contribution in [2.24, 2.45) is 0 Å². The van der Waals surface area contributed by atoms with Gasteiger partial charge in [-0.15, -0.1) is 0 Å². The van der Waals surface area contributed by atoms with E-state index in [4.69, 9.17) is 14.1 Å². The number of furan rings is 1. The van der Waals surface area contributed by atoms with Crippen molar-refractivity contribution in [3.63, 3.8) is 0 Å². The second-order valence-electron chi connectivity index (χ2n) is 9.85. The third-order valence-corrected chi connectivity index (χ3v) is 7.87. The predicted octanol–water partition coefficient (Wildman–Crippen LogP) is 7.18. The molecule has 0 spiro atoms. The first-order valence-corrected chi connectivity index (χ1v) is 13.6. The minimum atomic E-state index is -0.937. The number of ketones is 1. The quantitative estimate of drug-likeness (QED) is 0.216. The Balaban J connectivity index is 1.45. The Kier molecular flexibility index (Phi) is 6.48. The molecule has 5 aromatic rings. The summed E-state index contributed by atoms with van der Waals surface area (Å²) in [5.74, 6) is -0.709. The molecule has 1 amide bonds. The van der Waals surface area contributed by atoms with Crippen LogP contribution < -0.4 is 9.64 Å². The number of aryl methyl sites for hydroxylation is 3. The van der Waals surface area contributed by atoms with Gasteiger partial charge in [-0.25, -0.2) is 4.98 Å². The topological polar surface area (TPSA) is 92.9 Å². The molecule has 0 radical (unpaired) electrons. The number of carbonyl (C=O) groups is 2. The highest BCUT2D eigenvalue weighted by Gasteiger charge is 2.46. The first-order valence-electron chi connectivity index (χ1n) is 12.8. The number of nitrogens with zero attached hydrogens (tertiary/aromatic N) is 2. The second-order valence-corrected chi connectivity index (χ2v) is 10.9. The molecule has 0 aliphatic carbocycles. The number of ether oxygens (including phenoxy) is 1. The van der Waals surface area contributed by atoms with Gasteiger partial charge in [0.25, 0.3) is 5.91 Å². The van der Waals surface area contributed by atoms with Crippen LogP contribution in [-0.2, 0) is 11.4 Å². The lowest BCUT2D eigenvalue weighted by atomic mass is 9.95. The maximum Gasteiger partial charge on any atom is 0.296 e. The lowest BCUT2D eigenvalue weighted by Gasteiger charge is -2.24. The lowest BCUT2D eigenvalue weighted by molar-refractivity contribution is -0.117. The average Bonchev–Trinajstić information content (AvgIpc) is 3.64. The van der Waals surface area contributed by atoms with Gasteiger partial charge in [0.1, 0.15) is 18.1 Å². The van der Waals surface area contributed by atoms with E-state index in [1.165, 1.54) is 16.2 Å². The van der Waals surface area contributed by atoms with Gasteiger partial charge in [-0.2, -0.15) is 0 Å². The number of thiazole rings is 1. The van der Waals surface area contributed by atoms with Crippen LogP contribution in [0.2, 0.25) is 0 Å². The fraction of sp³-hybridized carbons (Fsp3) is 0.156. The van der Waals surface area contributed by atoms with E-state index in [1.807, 2.05) is 68.4 Å². The maximum absolute atomic E-state index is 13.7. The number of aromatic nitrogens is 1. The zero-order chi connectivity index (χ0) is 28.0. The first kappa shape index (κ1) is 25.6. The van der Waals surface area contributed by atoms with Crippen LogP contribution in [0.3, 0.4) is 0 Å². The van der Waals surface area contributed by atoms with Crippen LogP contribution in [0.25, 0.3) is 10.2 Å². The predicted molar refractivity (Wildman–Crippen MR) is 154 cm³/mol. The number of fused-ring (bicyclic) bond motifs is 1. The third kappa shape index (κ3) is 4.56. The van der Waals surface area contributed by atoms with E-state index in [2.05, 4.69) is 0 Å². The number of carbonyl (C=O) groups excluding carboxylic acids is 2. The van der Waals surface area contributed by atoms with Crippen molar-refractivity contribution in [2.75, 3.05) is 4.90 Å². The van der Waals surface area contributed by atoms with Crippen LogP contribution in [0.5, 0.6) is 5.75 Å².